The van der Waals surface area contributed by atoms with Crippen molar-refractivity contribution in [2.24, 2.45) is 9.98 Å². The Bertz CT molecular complexity index is 86.6. The fourth-order valence-electron chi connectivity index (χ4n) is 0.307. The molecule has 0 saturated carbocycles. The van der Waals surface area contributed by atoms with Gasteiger partial charge in [-0.25, -0.2) is 0 Å². The van der Waals surface area contributed by atoms with Gasteiger partial charge in [0.1, 0.15) is 6.10 Å². The summed E-state index contributed by atoms with van der Waals surface area (Å²) in [4.78, 5) is 7.02. The van der Waals surface area contributed by atoms with Gasteiger partial charge in [0.05, 0.1) is 6.21 Å². The third-order valence-corrected chi connectivity index (χ3v) is 0.552. The van der Waals surface area contributed by atoms with E-state index in [-0.39, 0.29) is 0 Å². The number of aliphatic hydroxyl groups excluding tert-OH is 1. The van der Waals surface area contributed by atoms with Crippen LogP contribution in [0.25, 0.3) is 0 Å². The minimum Gasteiger partial charge on any atom is -0.381 e. The summed E-state index contributed by atoms with van der Waals surface area (Å²) in [6.07, 6.45) is 2.99. The lowest BCUT2D eigenvalue weighted by Crippen LogP contribution is -2.08. The highest BCUT2D eigenvalue weighted by Crippen LogP contribution is 1.69. The van der Waals surface area contributed by atoms with E-state index >= 15 is 0 Å². The lowest BCUT2D eigenvalue weighted by atomic mass is 10.4. The van der Waals surface area contributed by atoms with Crippen molar-refractivity contribution in [3.63, 3.8) is 0 Å². The molecule has 0 heterocycles. The number of nitrogens with zero attached hydrogens (tertiary/aromatic N) is 2. The van der Waals surface area contributed by atoms with Crippen LogP contribution in [0.3, 0.4) is 0 Å². The molecule has 1 unspecified atom stereocenters. The molecule has 0 fully saturated rings. The van der Waals surface area contributed by atoms with Gasteiger partial charge in [0.2, 0.25) is 0 Å². The van der Waals surface area contributed by atoms with Crippen molar-refractivity contribution in [1.29, 1.82) is 0 Å². The highest BCUT2D eigenvalue weighted by Gasteiger charge is 1.89. The second-order valence-corrected chi connectivity index (χ2v) is 1.20. The van der Waals surface area contributed by atoms with Gasteiger partial charge in [-0.2, -0.15) is 0 Å². The van der Waals surface area contributed by atoms with E-state index in [0.29, 0.717) is 0 Å². The second-order valence-electron chi connectivity index (χ2n) is 1.20. The topological polar surface area (TPSA) is 45.0 Å². The molecule has 3 nitrogen and oxygen atoms in total. The zero-order chi connectivity index (χ0) is 6.41. The van der Waals surface area contributed by atoms with Crippen LogP contribution in [0.1, 0.15) is 0 Å². The monoisotopic (exact) mass is 113 g/mol. The van der Waals surface area contributed by atoms with Gasteiger partial charge in [0, 0.05) is 20.3 Å². The zero-order valence-electron chi connectivity index (χ0n) is 5.00. The maximum absolute atomic E-state index is 8.70. The molecule has 0 aromatic heterocycles. The Hall–Kier alpha value is -0.700. The molecule has 3 heteroatoms. The van der Waals surface area contributed by atoms with Gasteiger partial charge in [-0.1, -0.05) is 0 Å². The van der Waals surface area contributed by atoms with Crippen LogP contribution in [0.5, 0.6) is 0 Å². The first-order valence-electron chi connectivity index (χ1n) is 2.26. The molecule has 1 atom stereocenters. The van der Waals surface area contributed by atoms with E-state index in [4.69, 9.17) is 5.11 Å². The number of hydrogen-bond acceptors (Lipinski definition) is 3. The van der Waals surface area contributed by atoms with Gasteiger partial charge in [-0.05, 0) is 0 Å². The molecule has 45 valence electrons. The molecule has 0 aliphatic carbocycles. The fraction of sp³-hybridized carbons (Fsp3) is 0.600. The first-order valence-corrected chi connectivity index (χ1v) is 2.26. The lowest BCUT2D eigenvalue weighted by molar-refractivity contribution is 0.315. The number of hydrogen-bond donors (Lipinski definition) is 1. The second kappa shape index (κ2) is 4.46. The summed E-state index contributed by atoms with van der Waals surface area (Å²) < 4.78 is 0. The minimum absolute atomic E-state index is 0.745. The van der Waals surface area contributed by atoms with E-state index < -0.39 is 6.10 Å². The van der Waals surface area contributed by atoms with Crippen LogP contribution in [0.15, 0.2) is 9.98 Å². The van der Waals surface area contributed by atoms with Crippen LogP contribution in [-0.2, 0) is 0 Å². The van der Waals surface area contributed by atoms with Crippen LogP contribution in [0.4, 0.5) is 0 Å². The van der Waals surface area contributed by atoms with E-state index in [1.165, 1.54) is 6.21 Å². The van der Waals surface area contributed by atoms with Crippen molar-refractivity contribution in [3.05, 3.63) is 0 Å². The first-order chi connectivity index (χ1) is 3.81. The average molecular weight is 113 g/mol. The molecule has 8 heavy (non-hydrogen) atoms. The Morgan fingerprint density at radius 1 is 1.62 bits per heavy atom. The summed E-state index contributed by atoms with van der Waals surface area (Å²) in [5, 5.41) is 8.70. The van der Waals surface area contributed by atoms with Crippen molar-refractivity contribution in [3.8, 4) is 0 Å². The average Bonchev–Trinajstić information content (AvgIpc) is 1.68. The zero-order valence-corrected chi connectivity index (χ0v) is 5.00. The largest absolute Gasteiger partial charge is 0.381 e. The summed E-state index contributed by atoms with van der Waals surface area (Å²) in [6, 6.07) is 0. The summed E-state index contributed by atoms with van der Waals surface area (Å²) >= 11 is 0. The van der Waals surface area contributed by atoms with Crippen molar-refractivity contribution in [2.45, 2.75) is 6.10 Å². The Morgan fingerprint density at radius 2 is 2.25 bits per heavy atom. The molecular weight excluding hydrogens is 104 g/mol. The van der Waals surface area contributed by atoms with E-state index in [2.05, 4.69) is 16.2 Å². The summed E-state index contributed by atoms with van der Waals surface area (Å²) in [5.41, 5.74) is 0. The molecule has 0 spiro atoms. The smallest absolute Gasteiger partial charge is 0.132 e. The Morgan fingerprint density at radius 3 is 2.62 bits per heavy atom. The third-order valence-electron chi connectivity index (χ3n) is 0.552. The van der Waals surface area contributed by atoms with E-state index in [1.807, 2.05) is 0 Å². The SMILES string of the molecule is CN=CC(O)/[C]=N/C. The van der Waals surface area contributed by atoms with Gasteiger partial charge >= 0.3 is 0 Å². The molecule has 0 aromatic carbocycles. The molecule has 0 rings (SSSR count). The van der Waals surface area contributed by atoms with E-state index in [9.17, 15) is 0 Å². The van der Waals surface area contributed by atoms with Gasteiger partial charge in [-0.15, -0.1) is 0 Å². The maximum atomic E-state index is 8.70. The predicted molar refractivity (Wildman–Crippen MR) is 33.8 cm³/mol. The quantitative estimate of drug-likeness (QED) is 0.488. The predicted octanol–water partition coefficient (Wildman–Crippen LogP) is -0.375. The Balaban J connectivity index is 3.47. The summed E-state index contributed by atoms with van der Waals surface area (Å²) in [6.45, 7) is 0. The highest BCUT2D eigenvalue weighted by atomic mass is 16.3. The molecule has 0 saturated heterocycles. The highest BCUT2D eigenvalue weighted by molar-refractivity contribution is 5.85. The third kappa shape index (κ3) is 3.49. The van der Waals surface area contributed by atoms with E-state index in [0.717, 1.165) is 0 Å². The molecule has 1 N–H and O–H groups in total. The lowest BCUT2D eigenvalue weighted by Gasteiger charge is -1.88. The van der Waals surface area contributed by atoms with Gasteiger partial charge in [-0.3, -0.25) is 9.98 Å². The molecule has 0 aromatic rings. The number of aliphatic imine (C=N–C) groups is 2. The van der Waals surface area contributed by atoms with Crippen LogP contribution in [0.2, 0.25) is 0 Å². The molecular formula is C5H9N2O. The normalized spacial score (nSPS) is 15.9. The van der Waals surface area contributed by atoms with Crippen LogP contribution in [-0.4, -0.2) is 37.7 Å². The van der Waals surface area contributed by atoms with E-state index in [1.54, 1.807) is 14.1 Å². The van der Waals surface area contributed by atoms with Crippen LogP contribution >= 0.6 is 0 Å². The van der Waals surface area contributed by atoms with Crippen molar-refractivity contribution >= 4 is 12.4 Å². The van der Waals surface area contributed by atoms with Crippen molar-refractivity contribution in [1.82, 2.24) is 0 Å². The van der Waals surface area contributed by atoms with Crippen LogP contribution in [0, 0.1) is 0 Å². The maximum Gasteiger partial charge on any atom is 0.132 e. The number of rotatable bonds is 2. The summed E-state index contributed by atoms with van der Waals surface area (Å²) in [7, 11) is 3.13. The Kier molecular flexibility index (Phi) is 4.07. The summed E-state index contributed by atoms with van der Waals surface area (Å²) in [5.74, 6) is 0. The van der Waals surface area contributed by atoms with Gasteiger partial charge < -0.3 is 5.11 Å². The molecule has 0 amide bonds. The minimum atomic E-state index is -0.745. The molecule has 0 bridgehead atoms. The van der Waals surface area contributed by atoms with Gasteiger partial charge in [0.15, 0.2) is 0 Å². The van der Waals surface area contributed by atoms with Crippen molar-refractivity contribution in [2.75, 3.05) is 14.1 Å². The van der Waals surface area contributed by atoms with Crippen molar-refractivity contribution < 1.29 is 5.11 Å². The van der Waals surface area contributed by atoms with Gasteiger partial charge in [0.25, 0.3) is 0 Å². The molecule has 1 radical (unpaired) electrons. The standard InChI is InChI=1S/C5H9N2O/c1-6-3-5(8)4-7-2/h3,5,8H,1-2H3. The molecule has 0 aliphatic rings. The first kappa shape index (κ1) is 7.30. The fourth-order valence-corrected chi connectivity index (χ4v) is 0.307. The molecule has 0 aliphatic heterocycles. The number of aliphatic hydroxyl groups is 1. The van der Waals surface area contributed by atoms with Crippen LogP contribution < -0.4 is 0 Å². The Labute approximate surface area is 48.8 Å².